The molecule has 1 heterocycles. The van der Waals surface area contributed by atoms with Gasteiger partial charge in [0.25, 0.3) is 0 Å². The molecular weight excluding hydrogens is 276 g/mol. The Labute approximate surface area is 123 Å². The average Bonchev–Trinajstić information content (AvgIpc) is 2.74. The van der Waals surface area contributed by atoms with Crippen molar-refractivity contribution in [1.82, 2.24) is 10.3 Å². The number of hydrogen-bond donors (Lipinski definition) is 1. The van der Waals surface area contributed by atoms with Crippen molar-refractivity contribution in [2.45, 2.75) is 27.2 Å². The predicted octanol–water partition coefficient (Wildman–Crippen LogP) is 4.23. The zero-order valence-corrected chi connectivity index (χ0v) is 13.2. The van der Waals surface area contributed by atoms with Crippen molar-refractivity contribution >= 4 is 22.9 Å². The SMILES string of the molecule is CCNCCc1nc(-c2ccc(Cl)c(C)c2)c(C)s1. The lowest BCUT2D eigenvalue weighted by atomic mass is 10.1. The number of hydrogen-bond acceptors (Lipinski definition) is 3. The first-order valence-electron chi connectivity index (χ1n) is 6.55. The lowest BCUT2D eigenvalue weighted by Gasteiger charge is -2.02. The van der Waals surface area contributed by atoms with Gasteiger partial charge in [0.05, 0.1) is 10.7 Å². The third-order valence-corrected chi connectivity index (χ3v) is 4.49. The molecule has 1 N–H and O–H groups in total. The first-order chi connectivity index (χ1) is 9.11. The average molecular weight is 295 g/mol. The van der Waals surface area contributed by atoms with E-state index in [-0.39, 0.29) is 0 Å². The minimum atomic E-state index is 0.809. The number of thiazole rings is 1. The van der Waals surface area contributed by atoms with Gasteiger partial charge in [0.1, 0.15) is 0 Å². The van der Waals surface area contributed by atoms with Crippen molar-refractivity contribution in [2.75, 3.05) is 13.1 Å². The van der Waals surface area contributed by atoms with Crippen molar-refractivity contribution in [3.05, 3.63) is 38.7 Å². The van der Waals surface area contributed by atoms with E-state index in [2.05, 4.69) is 25.2 Å². The first-order valence-corrected chi connectivity index (χ1v) is 7.74. The highest BCUT2D eigenvalue weighted by atomic mass is 35.5. The maximum atomic E-state index is 6.07. The molecule has 102 valence electrons. The molecule has 0 atom stereocenters. The summed E-state index contributed by atoms with van der Waals surface area (Å²) in [6.07, 6.45) is 0.992. The lowest BCUT2D eigenvalue weighted by molar-refractivity contribution is 0.714. The van der Waals surface area contributed by atoms with E-state index < -0.39 is 0 Å². The molecule has 2 nitrogen and oxygen atoms in total. The number of nitrogens with zero attached hydrogens (tertiary/aromatic N) is 1. The van der Waals surface area contributed by atoms with Crippen molar-refractivity contribution in [2.24, 2.45) is 0 Å². The van der Waals surface area contributed by atoms with Crippen LogP contribution in [0.25, 0.3) is 11.3 Å². The molecule has 0 saturated carbocycles. The minimum absolute atomic E-state index is 0.809. The number of rotatable bonds is 5. The van der Waals surface area contributed by atoms with Crippen LogP contribution in [0.15, 0.2) is 18.2 Å². The van der Waals surface area contributed by atoms with Crippen LogP contribution in [-0.2, 0) is 6.42 Å². The normalized spacial score (nSPS) is 10.9. The van der Waals surface area contributed by atoms with Gasteiger partial charge in [-0.3, -0.25) is 0 Å². The Morgan fingerprint density at radius 3 is 2.79 bits per heavy atom. The molecule has 0 amide bonds. The van der Waals surface area contributed by atoms with Crippen molar-refractivity contribution in [3.8, 4) is 11.3 Å². The van der Waals surface area contributed by atoms with E-state index >= 15 is 0 Å². The van der Waals surface area contributed by atoms with E-state index in [1.165, 1.54) is 9.88 Å². The fourth-order valence-electron chi connectivity index (χ4n) is 1.99. The quantitative estimate of drug-likeness (QED) is 0.835. The van der Waals surface area contributed by atoms with Crippen LogP contribution in [0, 0.1) is 13.8 Å². The Hall–Kier alpha value is -0.900. The second-order valence-electron chi connectivity index (χ2n) is 4.58. The Morgan fingerprint density at radius 1 is 1.32 bits per heavy atom. The Balaban J connectivity index is 2.22. The van der Waals surface area contributed by atoms with Gasteiger partial charge in [0, 0.05) is 28.4 Å². The minimum Gasteiger partial charge on any atom is -0.317 e. The molecule has 0 bridgehead atoms. The molecule has 19 heavy (non-hydrogen) atoms. The highest BCUT2D eigenvalue weighted by molar-refractivity contribution is 7.12. The van der Waals surface area contributed by atoms with E-state index in [0.717, 1.165) is 41.4 Å². The molecule has 2 rings (SSSR count). The van der Waals surface area contributed by atoms with Gasteiger partial charge in [-0.05, 0) is 38.1 Å². The molecule has 2 aromatic rings. The van der Waals surface area contributed by atoms with E-state index in [0.29, 0.717) is 0 Å². The van der Waals surface area contributed by atoms with E-state index in [4.69, 9.17) is 16.6 Å². The number of aryl methyl sites for hydroxylation is 2. The third kappa shape index (κ3) is 3.56. The van der Waals surface area contributed by atoms with Gasteiger partial charge >= 0.3 is 0 Å². The van der Waals surface area contributed by atoms with Crippen LogP contribution in [0.1, 0.15) is 22.4 Å². The summed E-state index contributed by atoms with van der Waals surface area (Å²) in [6.45, 7) is 8.28. The zero-order valence-electron chi connectivity index (χ0n) is 11.6. The number of benzene rings is 1. The maximum Gasteiger partial charge on any atom is 0.0948 e. The number of halogens is 1. The van der Waals surface area contributed by atoms with Crippen LogP contribution >= 0.6 is 22.9 Å². The van der Waals surface area contributed by atoms with Gasteiger partial charge in [0.15, 0.2) is 0 Å². The number of likely N-dealkylation sites (N-methyl/N-ethyl adjacent to an activating group) is 1. The fourth-order valence-corrected chi connectivity index (χ4v) is 3.06. The van der Waals surface area contributed by atoms with Crippen LogP contribution in [-0.4, -0.2) is 18.1 Å². The van der Waals surface area contributed by atoms with Gasteiger partial charge in [-0.2, -0.15) is 0 Å². The molecule has 0 radical (unpaired) electrons. The van der Waals surface area contributed by atoms with Crippen LogP contribution in [0.5, 0.6) is 0 Å². The summed E-state index contributed by atoms with van der Waals surface area (Å²) < 4.78 is 0. The molecule has 0 aliphatic rings. The van der Waals surface area contributed by atoms with E-state index in [1.807, 2.05) is 19.1 Å². The smallest absolute Gasteiger partial charge is 0.0948 e. The van der Waals surface area contributed by atoms with E-state index in [1.54, 1.807) is 11.3 Å². The van der Waals surface area contributed by atoms with Crippen LogP contribution < -0.4 is 5.32 Å². The van der Waals surface area contributed by atoms with E-state index in [9.17, 15) is 0 Å². The third-order valence-electron chi connectivity index (χ3n) is 3.04. The second-order valence-corrected chi connectivity index (χ2v) is 6.27. The fraction of sp³-hybridized carbons (Fsp3) is 0.400. The van der Waals surface area contributed by atoms with Crippen LogP contribution in [0.3, 0.4) is 0 Å². The zero-order chi connectivity index (χ0) is 13.8. The van der Waals surface area contributed by atoms with Crippen molar-refractivity contribution in [3.63, 3.8) is 0 Å². The molecule has 0 unspecified atom stereocenters. The summed E-state index contributed by atoms with van der Waals surface area (Å²) >= 11 is 7.86. The van der Waals surface area contributed by atoms with Gasteiger partial charge in [-0.15, -0.1) is 11.3 Å². The molecule has 0 aliphatic heterocycles. The van der Waals surface area contributed by atoms with Crippen molar-refractivity contribution < 1.29 is 0 Å². The Kier molecular flexibility index (Phi) is 4.97. The number of nitrogens with one attached hydrogen (secondary N) is 1. The topological polar surface area (TPSA) is 24.9 Å². The Morgan fingerprint density at radius 2 is 2.11 bits per heavy atom. The lowest BCUT2D eigenvalue weighted by Crippen LogP contribution is -2.15. The molecule has 1 aromatic heterocycles. The monoisotopic (exact) mass is 294 g/mol. The predicted molar refractivity (Wildman–Crippen MR) is 84.3 cm³/mol. The van der Waals surface area contributed by atoms with Crippen LogP contribution in [0.2, 0.25) is 5.02 Å². The van der Waals surface area contributed by atoms with Crippen LogP contribution in [0.4, 0.5) is 0 Å². The highest BCUT2D eigenvalue weighted by Gasteiger charge is 2.10. The summed E-state index contributed by atoms with van der Waals surface area (Å²) in [4.78, 5) is 6.03. The second kappa shape index (κ2) is 6.51. The Bertz CT molecular complexity index is 563. The van der Waals surface area contributed by atoms with Gasteiger partial charge in [-0.25, -0.2) is 4.98 Å². The standard InChI is InChI=1S/C15H19ClN2S/c1-4-17-8-7-14-18-15(11(3)19-14)12-5-6-13(16)10(2)9-12/h5-6,9,17H,4,7-8H2,1-3H3. The molecule has 0 fully saturated rings. The molecule has 0 spiro atoms. The maximum absolute atomic E-state index is 6.07. The molecule has 0 saturated heterocycles. The summed E-state index contributed by atoms with van der Waals surface area (Å²) in [5.74, 6) is 0. The molecule has 4 heteroatoms. The largest absolute Gasteiger partial charge is 0.317 e. The van der Waals surface area contributed by atoms with Gasteiger partial charge in [0.2, 0.25) is 0 Å². The molecule has 1 aromatic carbocycles. The van der Waals surface area contributed by atoms with Gasteiger partial charge < -0.3 is 5.32 Å². The summed E-state index contributed by atoms with van der Waals surface area (Å²) in [5.41, 5.74) is 3.35. The summed E-state index contributed by atoms with van der Waals surface area (Å²) in [5, 5.41) is 5.34. The summed E-state index contributed by atoms with van der Waals surface area (Å²) in [7, 11) is 0. The number of aromatic nitrogens is 1. The molecule has 0 aliphatic carbocycles. The summed E-state index contributed by atoms with van der Waals surface area (Å²) in [6, 6.07) is 6.10. The first kappa shape index (κ1) is 14.5. The van der Waals surface area contributed by atoms with Crippen molar-refractivity contribution in [1.29, 1.82) is 0 Å². The van der Waals surface area contributed by atoms with Gasteiger partial charge in [-0.1, -0.05) is 24.6 Å². The highest BCUT2D eigenvalue weighted by Crippen LogP contribution is 2.30. The molecular formula is C15H19ClN2S.